The van der Waals surface area contributed by atoms with E-state index in [0.717, 1.165) is 12.1 Å². The van der Waals surface area contributed by atoms with Crippen molar-refractivity contribution in [2.24, 2.45) is 0 Å². The van der Waals surface area contributed by atoms with Crippen LogP contribution in [0.5, 0.6) is 17.2 Å². The fourth-order valence-electron chi connectivity index (χ4n) is 1.92. The average molecular weight is 294 g/mol. The van der Waals surface area contributed by atoms with Crippen LogP contribution in [0.2, 0.25) is 0 Å². The number of hydrogen-bond acceptors (Lipinski definition) is 5. The Morgan fingerprint density at radius 1 is 1.33 bits per heavy atom. The van der Waals surface area contributed by atoms with Crippen LogP contribution in [0.15, 0.2) is 12.1 Å². The maximum atomic E-state index is 11.8. The molecule has 6 heteroatoms. The molecular formula is C15H22N2O4. The molecule has 21 heavy (non-hydrogen) atoms. The molecule has 116 valence electrons. The molecule has 1 heterocycles. The number of ether oxygens (including phenoxy) is 3. The van der Waals surface area contributed by atoms with Gasteiger partial charge in [-0.1, -0.05) is 6.92 Å². The van der Waals surface area contributed by atoms with Crippen LogP contribution in [0.3, 0.4) is 0 Å². The number of fused-ring (bicyclic) bond motifs is 1. The summed E-state index contributed by atoms with van der Waals surface area (Å²) in [5.41, 5.74) is 0.952. The van der Waals surface area contributed by atoms with Crippen LogP contribution in [-0.2, 0) is 11.3 Å². The predicted octanol–water partition coefficient (Wildman–Crippen LogP) is 1.38. The van der Waals surface area contributed by atoms with Crippen molar-refractivity contribution in [1.82, 2.24) is 10.2 Å². The lowest BCUT2D eigenvalue weighted by Gasteiger charge is -2.17. The third-order valence-electron chi connectivity index (χ3n) is 3.37. The molecule has 0 aromatic heterocycles. The molecule has 0 saturated heterocycles. The Labute approximate surface area is 125 Å². The second-order valence-corrected chi connectivity index (χ2v) is 4.79. The topological polar surface area (TPSA) is 60.0 Å². The zero-order valence-electron chi connectivity index (χ0n) is 12.8. The summed E-state index contributed by atoms with van der Waals surface area (Å²) < 4.78 is 16.4. The van der Waals surface area contributed by atoms with Gasteiger partial charge in [-0.25, -0.2) is 0 Å². The summed E-state index contributed by atoms with van der Waals surface area (Å²) in [5.74, 6) is 1.97. The normalized spacial score (nSPS) is 12.3. The van der Waals surface area contributed by atoms with Gasteiger partial charge in [0, 0.05) is 31.8 Å². The zero-order chi connectivity index (χ0) is 15.2. The first-order chi connectivity index (χ1) is 10.2. The molecule has 1 aromatic rings. The Morgan fingerprint density at radius 3 is 2.71 bits per heavy atom. The van der Waals surface area contributed by atoms with E-state index < -0.39 is 0 Å². The molecule has 1 aromatic carbocycles. The van der Waals surface area contributed by atoms with E-state index in [1.165, 1.54) is 0 Å². The summed E-state index contributed by atoms with van der Waals surface area (Å²) in [5, 5.41) is 3.25. The van der Waals surface area contributed by atoms with Gasteiger partial charge in [0.1, 0.15) is 5.75 Å². The first kappa shape index (κ1) is 15.4. The van der Waals surface area contributed by atoms with Crippen LogP contribution in [0.4, 0.5) is 0 Å². The number of carbonyl (C=O) groups is 1. The minimum absolute atomic E-state index is 0.0170. The number of rotatable bonds is 7. The monoisotopic (exact) mass is 294 g/mol. The molecule has 1 aliphatic heterocycles. The molecule has 0 aliphatic carbocycles. The van der Waals surface area contributed by atoms with Gasteiger partial charge in [0.25, 0.3) is 5.91 Å². The van der Waals surface area contributed by atoms with Crippen molar-refractivity contribution in [2.75, 3.05) is 33.5 Å². The van der Waals surface area contributed by atoms with Gasteiger partial charge >= 0.3 is 0 Å². The van der Waals surface area contributed by atoms with Crippen molar-refractivity contribution in [3.63, 3.8) is 0 Å². The summed E-state index contributed by atoms with van der Waals surface area (Å²) in [6.45, 7) is 6.36. The van der Waals surface area contributed by atoms with Gasteiger partial charge in [-0.15, -0.1) is 0 Å². The summed E-state index contributed by atoms with van der Waals surface area (Å²) >= 11 is 0. The standard InChI is InChI=1S/C15H22N2O4/c1-4-16-8-11-6-13-14(21-10-20-13)7-12(11)19-9-15(18)17(3)5-2/h6-7,16H,4-5,8-10H2,1-3H3. The van der Waals surface area contributed by atoms with E-state index in [1.54, 1.807) is 18.0 Å². The van der Waals surface area contributed by atoms with E-state index in [0.29, 0.717) is 30.3 Å². The number of benzene rings is 1. The molecule has 0 fully saturated rings. The van der Waals surface area contributed by atoms with E-state index in [1.807, 2.05) is 19.9 Å². The SMILES string of the molecule is CCNCc1cc2c(cc1OCC(=O)N(C)CC)OCO2. The predicted molar refractivity (Wildman–Crippen MR) is 78.8 cm³/mol. The van der Waals surface area contributed by atoms with Crippen LogP contribution in [0, 0.1) is 0 Å². The van der Waals surface area contributed by atoms with E-state index in [-0.39, 0.29) is 19.3 Å². The maximum Gasteiger partial charge on any atom is 0.260 e. The molecule has 2 rings (SSSR count). The highest BCUT2D eigenvalue weighted by molar-refractivity contribution is 5.77. The Balaban J connectivity index is 2.11. The van der Waals surface area contributed by atoms with Gasteiger partial charge in [-0.3, -0.25) is 4.79 Å². The lowest BCUT2D eigenvalue weighted by molar-refractivity contribution is -0.131. The molecule has 0 spiro atoms. The van der Waals surface area contributed by atoms with E-state index in [9.17, 15) is 4.79 Å². The zero-order valence-corrected chi connectivity index (χ0v) is 12.8. The summed E-state index contributed by atoms with van der Waals surface area (Å²) in [7, 11) is 1.75. The third-order valence-corrected chi connectivity index (χ3v) is 3.37. The maximum absolute atomic E-state index is 11.8. The number of hydrogen-bond donors (Lipinski definition) is 1. The molecular weight excluding hydrogens is 272 g/mol. The van der Waals surface area contributed by atoms with Crippen molar-refractivity contribution in [2.45, 2.75) is 20.4 Å². The van der Waals surface area contributed by atoms with Gasteiger partial charge < -0.3 is 24.4 Å². The first-order valence-corrected chi connectivity index (χ1v) is 7.15. The van der Waals surface area contributed by atoms with E-state index in [4.69, 9.17) is 14.2 Å². The first-order valence-electron chi connectivity index (χ1n) is 7.15. The van der Waals surface area contributed by atoms with Crippen LogP contribution in [0.1, 0.15) is 19.4 Å². The van der Waals surface area contributed by atoms with Crippen molar-refractivity contribution in [1.29, 1.82) is 0 Å². The fraction of sp³-hybridized carbons (Fsp3) is 0.533. The lowest BCUT2D eigenvalue weighted by Crippen LogP contribution is -2.31. The second-order valence-electron chi connectivity index (χ2n) is 4.79. The van der Waals surface area contributed by atoms with Crippen LogP contribution >= 0.6 is 0 Å². The molecule has 0 bridgehead atoms. The minimum Gasteiger partial charge on any atom is -0.483 e. The number of carbonyl (C=O) groups excluding carboxylic acids is 1. The van der Waals surface area contributed by atoms with Gasteiger partial charge in [-0.05, 0) is 19.5 Å². The summed E-state index contributed by atoms with van der Waals surface area (Å²) in [6, 6.07) is 3.68. The molecule has 0 atom stereocenters. The Kier molecular flexibility index (Phi) is 5.27. The van der Waals surface area contributed by atoms with Gasteiger partial charge in [0.2, 0.25) is 6.79 Å². The summed E-state index contributed by atoms with van der Waals surface area (Å²) in [6.07, 6.45) is 0. The van der Waals surface area contributed by atoms with E-state index >= 15 is 0 Å². The van der Waals surface area contributed by atoms with Gasteiger partial charge in [0.15, 0.2) is 18.1 Å². The largest absolute Gasteiger partial charge is 0.483 e. The smallest absolute Gasteiger partial charge is 0.260 e. The third kappa shape index (κ3) is 3.78. The van der Waals surface area contributed by atoms with E-state index in [2.05, 4.69) is 5.32 Å². The molecule has 6 nitrogen and oxygen atoms in total. The van der Waals surface area contributed by atoms with Crippen molar-refractivity contribution in [3.05, 3.63) is 17.7 Å². The quantitative estimate of drug-likeness (QED) is 0.823. The van der Waals surface area contributed by atoms with Crippen molar-refractivity contribution < 1.29 is 19.0 Å². The van der Waals surface area contributed by atoms with Crippen LogP contribution in [0.25, 0.3) is 0 Å². The minimum atomic E-state index is -0.0513. The van der Waals surface area contributed by atoms with Crippen LogP contribution < -0.4 is 19.5 Å². The Morgan fingerprint density at radius 2 is 2.05 bits per heavy atom. The number of amides is 1. The van der Waals surface area contributed by atoms with Gasteiger partial charge in [0.05, 0.1) is 0 Å². The number of likely N-dealkylation sites (N-methyl/N-ethyl adjacent to an activating group) is 1. The Bertz CT molecular complexity index is 505. The average Bonchev–Trinajstić information content (AvgIpc) is 2.96. The highest BCUT2D eigenvalue weighted by Gasteiger charge is 2.19. The molecule has 0 saturated carbocycles. The lowest BCUT2D eigenvalue weighted by atomic mass is 10.1. The molecule has 0 unspecified atom stereocenters. The van der Waals surface area contributed by atoms with Crippen LogP contribution in [-0.4, -0.2) is 44.3 Å². The molecule has 0 radical (unpaired) electrons. The number of nitrogens with one attached hydrogen (secondary N) is 1. The second kappa shape index (κ2) is 7.17. The molecule has 1 amide bonds. The number of nitrogens with zero attached hydrogens (tertiary/aromatic N) is 1. The summed E-state index contributed by atoms with van der Waals surface area (Å²) in [4.78, 5) is 13.5. The Hall–Kier alpha value is -1.95. The van der Waals surface area contributed by atoms with Gasteiger partial charge in [-0.2, -0.15) is 0 Å². The highest BCUT2D eigenvalue weighted by atomic mass is 16.7. The van der Waals surface area contributed by atoms with Crippen molar-refractivity contribution >= 4 is 5.91 Å². The fourth-order valence-corrected chi connectivity index (χ4v) is 1.92. The molecule has 1 aliphatic rings. The molecule has 1 N–H and O–H groups in total. The van der Waals surface area contributed by atoms with Crippen molar-refractivity contribution in [3.8, 4) is 17.2 Å². The highest BCUT2D eigenvalue weighted by Crippen LogP contribution is 2.38.